The molecule has 1 aromatic carbocycles. The van der Waals surface area contributed by atoms with Gasteiger partial charge in [-0.05, 0) is 12.1 Å². The number of hydrogen-bond donors (Lipinski definition) is 1. The maximum absolute atomic E-state index is 12.4. The zero-order valence-electron chi connectivity index (χ0n) is 10.9. The van der Waals surface area contributed by atoms with E-state index >= 15 is 0 Å². The quantitative estimate of drug-likeness (QED) is 0.907. The summed E-state index contributed by atoms with van der Waals surface area (Å²) in [5.41, 5.74) is 7.15. The van der Waals surface area contributed by atoms with Gasteiger partial charge < -0.3 is 10.6 Å². The molecule has 0 saturated heterocycles. The molecule has 0 radical (unpaired) electrons. The molecule has 6 nitrogen and oxygen atoms in total. The van der Waals surface area contributed by atoms with Crippen molar-refractivity contribution in [1.82, 2.24) is 15.0 Å². The summed E-state index contributed by atoms with van der Waals surface area (Å²) < 4.78 is 1.54. The number of nitrogens with zero attached hydrogens (tertiary/aromatic N) is 4. The smallest absolute Gasteiger partial charge is 0.248 e. The lowest BCUT2D eigenvalue weighted by Gasteiger charge is -2.28. The van der Waals surface area contributed by atoms with Gasteiger partial charge in [0.1, 0.15) is 6.54 Å². The van der Waals surface area contributed by atoms with E-state index in [4.69, 9.17) is 5.73 Å². The van der Waals surface area contributed by atoms with Gasteiger partial charge in [0.2, 0.25) is 5.91 Å². The Morgan fingerprint density at radius 3 is 3.05 bits per heavy atom. The molecular formula is C13H15N5OS. The van der Waals surface area contributed by atoms with Crippen LogP contribution in [0.4, 0.5) is 5.69 Å². The van der Waals surface area contributed by atoms with Crippen molar-refractivity contribution in [3.05, 3.63) is 36.2 Å². The third-order valence-electron chi connectivity index (χ3n) is 3.12. The van der Waals surface area contributed by atoms with E-state index in [1.165, 1.54) is 4.68 Å². The minimum absolute atomic E-state index is 0.0196. The van der Waals surface area contributed by atoms with Crippen molar-refractivity contribution in [2.45, 2.75) is 18.0 Å². The number of rotatable bonds is 3. The van der Waals surface area contributed by atoms with Gasteiger partial charge in [-0.25, -0.2) is 4.68 Å². The van der Waals surface area contributed by atoms with Gasteiger partial charge in [-0.3, -0.25) is 4.79 Å². The Hall–Kier alpha value is -1.86. The number of nitrogens with two attached hydrogens (primary N) is 1. The van der Waals surface area contributed by atoms with Crippen LogP contribution in [-0.4, -0.2) is 33.2 Å². The van der Waals surface area contributed by atoms with E-state index in [2.05, 4.69) is 10.3 Å². The Kier molecular flexibility index (Phi) is 3.70. The van der Waals surface area contributed by atoms with Gasteiger partial charge in [0.25, 0.3) is 0 Å². The van der Waals surface area contributed by atoms with E-state index in [0.29, 0.717) is 12.2 Å². The minimum Gasteiger partial charge on any atom is -0.325 e. The van der Waals surface area contributed by atoms with Crippen LogP contribution >= 0.6 is 11.8 Å². The molecule has 0 unspecified atom stereocenters. The molecule has 0 atom stereocenters. The predicted octanol–water partition coefficient (Wildman–Crippen LogP) is 0.876. The van der Waals surface area contributed by atoms with Crippen molar-refractivity contribution in [3.8, 4) is 0 Å². The first-order valence-electron chi connectivity index (χ1n) is 6.39. The van der Waals surface area contributed by atoms with Gasteiger partial charge in [-0.2, -0.15) is 0 Å². The molecule has 0 bridgehead atoms. The molecule has 3 rings (SSSR count). The highest BCUT2D eigenvalue weighted by atomic mass is 32.2. The summed E-state index contributed by atoms with van der Waals surface area (Å²) in [6.07, 6.45) is 1.71. The number of carbonyl (C=O) groups is 1. The molecule has 1 aliphatic rings. The summed E-state index contributed by atoms with van der Waals surface area (Å²) in [4.78, 5) is 15.4. The van der Waals surface area contributed by atoms with Crippen molar-refractivity contribution < 1.29 is 4.79 Å². The number of amides is 1. The van der Waals surface area contributed by atoms with Crippen LogP contribution in [0.2, 0.25) is 0 Å². The first kappa shape index (κ1) is 13.1. The van der Waals surface area contributed by atoms with E-state index in [9.17, 15) is 4.79 Å². The van der Waals surface area contributed by atoms with Crippen LogP contribution in [0.1, 0.15) is 5.69 Å². The van der Waals surface area contributed by atoms with E-state index in [0.717, 1.165) is 22.9 Å². The largest absolute Gasteiger partial charge is 0.325 e. The van der Waals surface area contributed by atoms with E-state index < -0.39 is 0 Å². The average Bonchev–Trinajstić information content (AvgIpc) is 2.94. The van der Waals surface area contributed by atoms with Crippen molar-refractivity contribution in [1.29, 1.82) is 0 Å². The normalized spacial score (nSPS) is 14.2. The monoisotopic (exact) mass is 289 g/mol. The summed E-state index contributed by atoms with van der Waals surface area (Å²) in [7, 11) is 0. The topological polar surface area (TPSA) is 77.0 Å². The first-order chi connectivity index (χ1) is 9.78. The van der Waals surface area contributed by atoms with Gasteiger partial charge in [-0.15, -0.1) is 16.9 Å². The number of aromatic nitrogens is 3. The van der Waals surface area contributed by atoms with E-state index in [1.807, 2.05) is 29.2 Å². The molecular weight excluding hydrogens is 274 g/mol. The molecule has 2 aromatic rings. The molecule has 1 amide bonds. The fraction of sp³-hybridized carbons (Fsp3) is 0.308. The molecule has 2 N–H and O–H groups in total. The highest BCUT2D eigenvalue weighted by Gasteiger charge is 2.22. The lowest BCUT2D eigenvalue weighted by molar-refractivity contribution is -0.119. The third kappa shape index (κ3) is 2.54. The second-order valence-electron chi connectivity index (χ2n) is 4.47. The van der Waals surface area contributed by atoms with Crippen molar-refractivity contribution in [3.63, 3.8) is 0 Å². The van der Waals surface area contributed by atoms with Crippen LogP contribution < -0.4 is 10.6 Å². The zero-order chi connectivity index (χ0) is 13.9. The number of fused-ring (bicyclic) bond motifs is 1. The maximum Gasteiger partial charge on any atom is 0.248 e. The van der Waals surface area contributed by atoms with Crippen molar-refractivity contribution in [2.75, 3.05) is 17.2 Å². The summed E-state index contributed by atoms with van der Waals surface area (Å²) in [6, 6.07) is 7.96. The van der Waals surface area contributed by atoms with Gasteiger partial charge in [0, 0.05) is 23.7 Å². The Bertz CT molecular complexity index is 627. The minimum atomic E-state index is 0.0196. The van der Waals surface area contributed by atoms with Crippen LogP contribution in [0.15, 0.2) is 35.4 Å². The van der Waals surface area contributed by atoms with Crippen molar-refractivity contribution in [2.24, 2.45) is 5.73 Å². The highest BCUT2D eigenvalue weighted by molar-refractivity contribution is 7.99. The molecule has 20 heavy (non-hydrogen) atoms. The second kappa shape index (κ2) is 5.64. The van der Waals surface area contributed by atoms with Crippen LogP contribution in [0.3, 0.4) is 0 Å². The molecule has 0 aliphatic carbocycles. The van der Waals surface area contributed by atoms with Gasteiger partial charge >= 0.3 is 0 Å². The molecule has 104 valence electrons. The van der Waals surface area contributed by atoms with Crippen LogP contribution in [-0.2, 0) is 17.9 Å². The average molecular weight is 289 g/mol. The predicted molar refractivity (Wildman–Crippen MR) is 77.4 cm³/mol. The van der Waals surface area contributed by atoms with Gasteiger partial charge in [0.15, 0.2) is 0 Å². The summed E-state index contributed by atoms with van der Waals surface area (Å²) in [5.74, 6) is 0.931. The molecule has 1 aromatic heterocycles. The Morgan fingerprint density at radius 2 is 2.25 bits per heavy atom. The first-order valence-corrected chi connectivity index (χ1v) is 7.38. The second-order valence-corrected chi connectivity index (χ2v) is 5.61. The standard InChI is InChI=1S/C13H15N5OS/c14-7-10-8-17(16-15-10)9-13(19)18-5-6-20-12-4-2-1-3-11(12)18/h1-4,8H,5-7,9,14H2. The molecule has 0 fully saturated rings. The zero-order valence-corrected chi connectivity index (χ0v) is 11.7. The van der Waals surface area contributed by atoms with Crippen LogP contribution in [0.25, 0.3) is 0 Å². The van der Waals surface area contributed by atoms with E-state index in [-0.39, 0.29) is 12.5 Å². The Labute approximate surface area is 120 Å². The fourth-order valence-electron chi connectivity index (χ4n) is 2.16. The lowest BCUT2D eigenvalue weighted by atomic mass is 10.2. The summed E-state index contributed by atoms with van der Waals surface area (Å²) in [6.45, 7) is 1.24. The SMILES string of the molecule is NCc1cn(CC(=O)N2CCSc3ccccc32)nn1. The number of benzene rings is 1. The number of anilines is 1. The number of carbonyl (C=O) groups excluding carboxylic acids is 1. The van der Waals surface area contributed by atoms with Gasteiger partial charge in [-0.1, -0.05) is 17.3 Å². The molecule has 2 heterocycles. The van der Waals surface area contributed by atoms with Gasteiger partial charge in [0.05, 0.1) is 17.6 Å². The van der Waals surface area contributed by atoms with Crippen LogP contribution in [0, 0.1) is 0 Å². The third-order valence-corrected chi connectivity index (χ3v) is 4.16. The highest BCUT2D eigenvalue weighted by Crippen LogP contribution is 2.34. The lowest BCUT2D eigenvalue weighted by Crippen LogP contribution is -2.37. The summed E-state index contributed by atoms with van der Waals surface area (Å²) in [5, 5.41) is 7.80. The molecule has 0 spiro atoms. The number of hydrogen-bond acceptors (Lipinski definition) is 5. The maximum atomic E-state index is 12.4. The molecule has 0 saturated carbocycles. The van der Waals surface area contributed by atoms with Crippen molar-refractivity contribution >= 4 is 23.4 Å². The summed E-state index contributed by atoms with van der Waals surface area (Å²) >= 11 is 1.78. The molecule has 1 aliphatic heterocycles. The Morgan fingerprint density at radius 1 is 1.40 bits per heavy atom. The van der Waals surface area contributed by atoms with Crippen LogP contribution in [0.5, 0.6) is 0 Å². The number of thioether (sulfide) groups is 1. The van der Waals surface area contributed by atoms with E-state index in [1.54, 1.807) is 18.0 Å². The molecule has 7 heteroatoms. The Balaban J connectivity index is 1.78. The fourth-order valence-corrected chi connectivity index (χ4v) is 3.16. The number of para-hydroxylation sites is 1.